The van der Waals surface area contributed by atoms with Gasteiger partial charge in [-0.15, -0.1) is 0 Å². The predicted molar refractivity (Wildman–Crippen MR) is 83.1 cm³/mol. The zero-order valence-corrected chi connectivity index (χ0v) is 13.4. The van der Waals surface area contributed by atoms with Crippen molar-refractivity contribution in [2.75, 3.05) is 14.2 Å². The van der Waals surface area contributed by atoms with Gasteiger partial charge in [0.25, 0.3) is 0 Å². The third-order valence-corrected chi connectivity index (χ3v) is 3.53. The van der Waals surface area contributed by atoms with Crippen LogP contribution in [0.4, 0.5) is 4.39 Å². The number of nitrogens with one attached hydrogen (secondary N) is 1. The summed E-state index contributed by atoms with van der Waals surface area (Å²) in [6.07, 6.45) is 2.33. The van der Waals surface area contributed by atoms with Gasteiger partial charge in [-0.3, -0.25) is 4.79 Å². The van der Waals surface area contributed by atoms with Crippen molar-refractivity contribution >= 4 is 5.91 Å². The minimum atomic E-state index is -0.487. The van der Waals surface area contributed by atoms with Gasteiger partial charge in [-0.25, -0.2) is 4.39 Å². The second-order valence-corrected chi connectivity index (χ2v) is 5.10. The molecule has 0 saturated carbocycles. The molecular weight excluding hydrogens is 301 g/mol. The molecule has 5 nitrogen and oxygen atoms in total. The molecule has 0 fully saturated rings. The second-order valence-electron chi connectivity index (χ2n) is 5.10. The molecule has 1 heterocycles. The summed E-state index contributed by atoms with van der Waals surface area (Å²) < 4.78 is 29.6. The summed E-state index contributed by atoms with van der Waals surface area (Å²) in [7, 11) is 2.92. The Morgan fingerprint density at radius 3 is 2.61 bits per heavy atom. The standard InChI is InChI=1S/C17H20FNO4/c1-11(19-17(20)7-6-12-5-4-8-23-12)13-9-15(21-2)16(22-3)10-14(13)18/h4-5,8-11H,6-7H2,1-3H3,(H,19,20). The summed E-state index contributed by atoms with van der Waals surface area (Å²) in [5.74, 6) is 0.834. The lowest BCUT2D eigenvalue weighted by molar-refractivity contribution is -0.121. The molecule has 0 aliphatic carbocycles. The number of carbonyl (C=O) groups excluding carboxylic acids is 1. The lowest BCUT2D eigenvalue weighted by Gasteiger charge is -2.17. The van der Waals surface area contributed by atoms with E-state index in [1.54, 1.807) is 19.3 Å². The van der Waals surface area contributed by atoms with E-state index >= 15 is 0 Å². The van der Waals surface area contributed by atoms with Gasteiger partial charge in [-0.05, 0) is 25.1 Å². The fourth-order valence-corrected chi connectivity index (χ4v) is 2.28. The highest BCUT2D eigenvalue weighted by molar-refractivity contribution is 5.76. The van der Waals surface area contributed by atoms with Gasteiger partial charge in [0.15, 0.2) is 11.5 Å². The van der Waals surface area contributed by atoms with Gasteiger partial charge >= 0.3 is 0 Å². The van der Waals surface area contributed by atoms with E-state index < -0.39 is 11.9 Å². The SMILES string of the molecule is COc1cc(F)c(C(C)NC(=O)CCc2ccco2)cc1OC. The van der Waals surface area contributed by atoms with Crippen molar-refractivity contribution in [3.05, 3.63) is 47.7 Å². The normalized spacial score (nSPS) is 11.8. The van der Waals surface area contributed by atoms with E-state index in [1.807, 2.05) is 6.07 Å². The molecule has 0 aliphatic heterocycles. The van der Waals surface area contributed by atoms with E-state index in [9.17, 15) is 9.18 Å². The average Bonchev–Trinajstić information content (AvgIpc) is 3.05. The number of aryl methyl sites for hydroxylation is 1. The van der Waals surface area contributed by atoms with E-state index in [4.69, 9.17) is 13.9 Å². The molecule has 0 radical (unpaired) electrons. The molecule has 23 heavy (non-hydrogen) atoms. The summed E-state index contributed by atoms with van der Waals surface area (Å²) in [6, 6.07) is 5.88. The summed E-state index contributed by atoms with van der Waals surface area (Å²) in [6.45, 7) is 1.72. The maximum atomic E-state index is 14.2. The first-order chi connectivity index (χ1) is 11.0. The maximum Gasteiger partial charge on any atom is 0.220 e. The molecule has 124 valence electrons. The minimum absolute atomic E-state index is 0.178. The molecule has 1 unspecified atom stereocenters. The molecule has 1 atom stereocenters. The topological polar surface area (TPSA) is 60.7 Å². The lowest BCUT2D eigenvalue weighted by atomic mass is 10.1. The van der Waals surface area contributed by atoms with Gasteiger partial charge in [0.1, 0.15) is 11.6 Å². The predicted octanol–water partition coefficient (Wildman–Crippen LogP) is 3.25. The molecule has 1 aromatic carbocycles. The Kier molecular flexibility index (Phi) is 5.62. The van der Waals surface area contributed by atoms with Crippen molar-refractivity contribution in [1.82, 2.24) is 5.32 Å². The van der Waals surface area contributed by atoms with Gasteiger partial charge in [0, 0.05) is 24.5 Å². The second kappa shape index (κ2) is 7.67. The number of rotatable bonds is 7. The van der Waals surface area contributed by atoms with Crippen molar-refractivity contribution in [2.45, 2.75) is 25.8 Å². The number of halogens is 1. The first-order valence-electron chi connectivity index (χ1n) is 7.28. The smallest absolute Gasteiger partial charge is 0.220 e. The zero-order valence-electron chi connectivity index (χ0n) is 13.4. The van der Waals surface area contributed by atoms with Crippen molar-refractivity contribution in [1.29, 1.82) is 0 Å². The van der Waals surface area contributed by atoms with Gasteiger partial charge in [0.05, 0.1) is 26.5 Å². The van der Waals surface area contributed by atoms with Crippen molar-refractivity contribution in [3.8, 4) is 11.5 Å². The molecule has 2 rings (SSSR count). The number of furan rings is 1. The quantitative estimate of drug-likeness (QED) is 0.850. The first kappa shape index (κ1) is 16.9. The van der Waals surface area contributed by atoms with Crippen LogP contribution in [0.3, 0.4) is 0 Å². The molecule has 2 aromatic rings. The Morgan fingerprint density at radius 1 is 1.30 bits per heavy atom. The van der Waals surface area contributed by atoms with Gasteiger partial charge in [0.2, 0.25) is 5.91 Å². The van der Waals surface area contributed by atoms with Crippen LogP contribution in [0.1, 0.15) is 30.7 Å². The Balaban J connectivity index is 2.02. The van der Waals surface area contributed by atoms with Crippen LogP contribution >= 0.6 is 0 Å². The van der Waals surface area contributed by atoms with Crippen LogP contribution in [0, 0.1) is 5.82 Å². The Bertz CT molecular complexity index is 655. The number of methoxy groups -OCH3 is 2. The van der Waals surface area contributed by atoms with Gasteiger partial charge < -0.3 is 19.2 Å². The van der Waals surface area contributed by atoms with Crippen LogP contribution in [0.5, 0.6) is 11.5 Å². The van der Waals surface area contributed by atoms with Crippen molar-refractivity contribution < 1.29 is 23.1 Å². The summed E-state index contributed by atoms with van der Waals surface area (Å²) in [5.41, 5.74) is 0.342. The summed E-state index contributed by atoms with van der Waals surface area (Å²) in [4.78, 5) is 12.0. The number of ether oxygens (including phenoxy) is 2. The molecular formula is C17H20FNO4. The number of hydrogen-bond donors (Lipinski definition) is 1. The third kappa shape index (κ3) is 4.25. The molecule has 0 saturated heterocycles. The molecule has 1 N–H and O–H groups in total. The number of carbonyl (C=O) groups is 1. The highest BCUT2D eigenvalue weighted by Gasteiger charge is 2.18. The highest BCUT2D eigenvalue weighted by atomic mass is 19.1. The Labute approximate surface area is 134 Å². The largest absolute Gasteiger partial charge is 0.493 e. The van der Waals surface area contributed by atoms with Crippen LogP contribution in [-0.4, -0.2) is 20.1 Å². The zero-order chi connectivity index (χ0) is 16.8. The van der Waals surface area contributed by atoms with Crippen molar-refractivity contribution in [3.63, 3.8) is 0 Å². The third-order valence-electron chi connectivity index (χ3n) is 3.53. The van der Waals surface area contributed by atoms with Gasteiger partial charge in [-0.1, -0.05) is 0 Å². The van der Waals surface area contributed by atoms with E-state index in [-0.39, 0.29) is 12.3 Å². The molecule has 1 amide bonds. The number of hydrogen-bond acceptors (Lipinski definition) is 4. The summed E-state index contributed by atoms with van der Waals surface area (Å²) in [5, 5.41) is 2.77. The van der Waals surface area contributed by atoms with Crippen LogP contribution < -0.4 is 14.8 Å². The molecule has 1 aromatic heterocycles. The number of benzene rings is 1. The average molecular weight is 321 g/mol. The Morgan fingerprint density at radius 2 is 2.00 bits per heavy atom. The van der Waals surface area contributed by atoms with Crippen LogP contribution in [0.25, 0.3) is 0 Å². The fraction of sp³-hybridized carbons (Fsp3) is 0.353. The molecule has 0 aliphatic rings. The number of amides is 1. The van der Waals surface area contributed by atoms with E-state index in [0.29, 0.717) is 23.5 Å². The monoisotopic (exact) mass is 321 g/mol. The van der Waals surface area contributed by atoms with Crippen molar-refractivity contribution in [2.24, 2.45) is 0 Å². The van der Waals surface area contributed by atoms with Gasteiger partial charge in [-0.2, -0.15) is 0 Å². The molecule has 6 heteroatoms. The van der Waals surface area contributed by atoms with Crippen LogP contribution in [0.15, 0.2) is 34.9 Å². The minimum Gasteiger partial charge on any atom is -0.493 e. The maximum absolute atomic E-state index is 14.2. The molecule has 0 bridgehead atoms. The van der Waals surface area contributed by atoms with E-state index in [0.717, 1.165) is 5.76 Å². The Hall–Kier alpha value is -2.50. The highest BCUT2D eigenvalue weighted by Crippen LogP contribution is 2.32. The fourth-order valence-electron chi connectivity index (χ4n) is 2.28. The summed E-state index contributed by atoms with van der Waals surface area (Å²) >= 11 is 0. The van der Waals surface area contributed by atoms with Crippen LogP contribution in [-0.2, 0) is 11.2 Å². The van der Waals surface area contributed by atoms with E-state index in [1.165, 1.54) is 26.4 Å². The first-order valence-corrected chi connectivity index (χ1v) is 7.28. The van der Waals surface area contributed by atoms with Crippen LogP contribution in [0.2, 0.25) is 0 Å². The van der Waals surface area contributed by atoms with E-state index in [2.05, 4.69) is 5.32 Å². The molecule has 0 spiro atoms. The lowest BCUT2D eigenvalue weighted by Crippen LogP contribution is -2.27.